The minimum atomic E-state index is 0.489. The minimum Gasteiger partial charge on any atom is -0.353 e. The second kappa shape index (κ2) is 5.69. The molecule has 0 aromatic carbocycles. The van der Waals surface area contributed by atoms with Gasteiger partial charge in [0.15, 0.2) is 0 Å². The SMILES string of the molecule is CC1CCCCCN1c1ncc(CN)cc1Cl. The van der Waals surface area contributed by atoms with Crippen molar-refractivity contribution in [3.05, 3.63) is 22.8 Å². The van der Waals surface area contributed by atoms with Crippen LogP contribution in [0.2, 0.25) is 5.02 Å². The molecule has 1 aliphatic rings. The Kier molecular flexibility index (Phi) is 4.24. The van der Waals surface area contributed by atoms with Crippen molar-refractivity contribution in [2.75, 3.05) is 11.4 Å². The maximum Gasteiger partial charge on any atom is 0.147 e. The number of anilines is 1. The first-order valence-electron chi connectivity index (χ1n) is 6.33. The fourth-order valence-corrected chi connectivity index (χ4v) is 2.68. The highest BCUT2D eigenvalue weighted by atomic mass is 35.5. The van der Waals surface area contributed by atoms with Gasteiger partial charge in [-0.25, -0.2) is 4.98 Å². The predicted octanol–water partition coefficient (Wildman–Crippen LogP) is 2.96. The van der Waals surface area contributed by atoms with Gasteiger partial charge in [-0.1, -0.05) is 24.4 Å². The van der Waals surface area contributed by atoms with Gasteiger partial charge in [0, 0.05) is 25.3 Å². The molecule has 0 spiro atoms. The van der Waals surface area contributed by atoms with Crippen LogP contribution in [0.15, 0.2) is 12.3 Å². The highest BCUT2D eigenvalue weighted by Crippen LogP contribution is 2.29. The van der Waals surface area contributed by atoms with E-state index < -0.39 is 0 Å². The van der Waals surface area contributed by atoms with Gasteiger partial charge in [0.05, 0.1) is 5.02 Å². The predicted molar refractivity (Wildman–Crippen MR) is 72.4 cm³/mol. The van der Waals surface area contributed by atoms with Gasteiger partial charge in [-0.05, 0) is 31.4 Å². The quantitative estimate of drug-likeness (QED) is 0.881. The van der Waals surface area contributed by atoms with Gasteiger partial charge < -0.3 is 10.6 Å². The van der Waals surface area contributed by atoms with E-state index in [1.165, 1.54) is 25.7 Å². The zero-order chi connectivity index (χ0) is 12.3. The Labute approximate surface area is 108 Å². The Bertz CT molecular complexity index is 381. The highest BCUT2D eigenvalue weighted by Gasteiger charge is 2.20. The third kappa shape index (κ3) is 2.90. The van der Waals surface area contributed by atoms with E-state index in [-0.39, 0.29) is 0 Å². The lowest BCUT2D eigenvalue weighted by molar-refractivity contribution is 0.611. The van der Waals surface area contributed by atoms with Crippen LogP contribution >= 0.6 is 11.6 Å². The number of rotatable bonds is 2. The Hall–Kier alpha value is -0.800. The molecule has 0 bridgehead atoms. The first-order chi connectivity index (χ1) is 8.22. The van der Waals surface area contributed by atoms with Crippen LogP contribution in [0.25, 0.3) is 0 Å². The summed E-state index contributed by atoms with van der Waals surface area (Å²) in [6, 6.07) is 2.45. The number of halogens is 1. The van der Waals surface area contributed by atoms with Gasteiger partial charge in [0.1, 0.15) is 5.82 Å². The van der Waals surface area contributed by atoms with Crippen molar-refractivity contribution in [2.45, 2.75) is 45.2 Å². The molecule has 1 aliphatic heterocycles. The van der Waals surface area contributed by atoms with E-state index in [2.05, 4.69) is 16.8 Å². The van der Waals surface area contributed by atoms with Gasteiger partial charge >= 0.3 is 0 Å². The smallest absolute Gasteiger partial charge is 0.147 e. The number of nitrogens with two attached hydrogens (primary N) is 1. The molecular weight excluding hydrogens is 234 g/mol. The average Bonchev–Trinajstić information content (AvgIpc) is 2.54. The molecule has 17 heavy (non-hydrogen) atoms. The molecule has 94 valence electrons. The summed E-state index contributed by atoms with van der Waals surface area (Å²) in [5, 5.41) is 0.724. The Morgan fingerprint density at radius 1 is 1.47 bits per heavy atom. The molecule has 0 radical (unpaired) electrons. The van der Waals surface area contributed by atoms with E-state index in [0.29, 0.717) is 12.6 Å². The molecule has 4 heteroatoms. The van der Waals surface area contributed by atoms with Gasteiger partial charge in [-0.2, -0.15) is 0 Å². The van der Waals surface area contributed by atoms with E-state index in [1.54, 1.807) is 0 Å². The van der Waals surface area contributed by atoms with Crippen LogP contribution in [0, 0.1) is 0 Å². The Balaban J connectivity index is 2.25. The van der Waals surface area contributed by atoms with Gasteiger partial charge in [0.2, 0.25) is 0 Å². The lowest BCUT2D eigenvalue weighted by atomic mass is 10.1. The summed E-state index contributed by atoms with van der Waals surface area (Å²) in [6.45, 7) is 3.79. The van der Waals surface area contributed by atoms with Crippen LogP contribution in [-0.2, 0) is 6.54 Å². The van der Waals surface area contributed by atoms with Crippen LogP contribution in [0.4, 0.5) is 5.82 Å². The highest BCUT2D eigenvalue weighted by molar-refractivity contribution is 6.33. The fraction of sp³-hybridized carbons (Fsp3) is 0.615. The second-order valence-corrected chi connectivity index (χ2v) is 5.15. The molecule has 2 heterocycles. The molecule has 0 amide bonds. The third-order valence-corrected chi connectivity index (χ3v) is 3.72. The normalized spacial score (nSPS) is 21.4. The molecule has 3 nitrogen and oxygen atoms in total. The van der Waals surface area contributed by atoms with Crippen molar-refractivity contribution in [3.8, 4) is 0 Å². The van der Waals surface area contributed by atoms with Crippen molar-refractivity contribution in [1.29, 1.82) is 0 Å². The molecule has 2 rings (SSSR count). The summed E-state index contributed by atoms with van der Waals surface area (Å²) in [7, 11) is 0. The first-order valence-corrected chi connectivity index (χ1v) is 6.71. The number of pyridine rings is 1. The first kappa shape index (κ1) is 12.7. The van der Waals surface area contributed by atoms with Crippen LogP contribution in [-0.4, -0.2) is 17.6 Å². The van der Waals surface area contributed by atoms with E-state index >= 15 is 0 Å². The molecule has 0 aliphatic carbocycles. The Morgan fingerprint density at radius 2 is 2.29 bits per heavy atom. The van der Waals surface area contributed by atoms with Gasteiger partial charge in [0.25, 0.3) is 0 Å². The van der Waals surface area contributed by atoms with Gasteiger partial charge in [-0.15, -0.1) is 0 Å². The summed E-state index contributed by atoms with van der Waals surface area (Å²) in [6.07, 6.45) is 6.88. The maximum absolute atomic E-state index is 6.30. The molecule has 1 aromatic heterocycles. The molecular formula is C13H20ClN3. The van der Waals surface area contributed by atoms with Crippen molar-refractivity contribution in [3.63, 3.8) is 0 Å². The lowest BCUT2D eigenvalue weighted by Gasteiger charge is -2.29. The van der Waals surface area contributed by atoms with Gasteiger partial charge in [-0.3, -0.25) is 0 Å². The molecule has 1 atom stereocenters. The molecule has 1 saturated heterocycles. The van der Waals surface area contributed by atoms with Crippen molar-refractivity contribution in [2.24, 2.45) is 5.73 Å². The minimum absolute atomic E-state index is 0.489. The largest absolute Gasteiger partial charge is 0.353 e. The van der Waals surface area contributed by atoms with Crippen LogP contribution in [0.1, 0.15) is 38.2 Å². The van der Waals surface area contributed by atoms with E-state index in [9.17, 15) is 0 Å². The second-order valence-electron chi connectivity index (χ2n) is 4.74. The van der Waals surface area contributed by atoms with E-state index in [1.807, 2.05) is 12.3 Å². The number of nitrogens with zero attached hydrogens (tertiary/aromatic N) is 2. The van der Waals surface area contributed by atoms with Crippen molar-refractivity contribution >= 4 is 17.4 Å². The van der Waals surface area contributed by atoms with Crippen LogP contribution in [0.3, 0.4) is 0 Å². The number of hydrogen-bond acceptors (Lipinski definition) is 3. The van der Waals surface area contributed by atoms with Crippen molar-refractivity contribution in [1.82, 2.24) is 4.98 Å². The van der Waals surface area contributed by atoms with Crippen LogP contribution in [0.5, 0.6) is 0 Å². The van der Waals surface area contributed by atoms with E-state index in [0.717, 1.165) is 22.9 Å². The zero-order valence-corrected chi connectivity index (χ0v) is 11.1. The average molecular weight is 254 g/mol. The lowest BCUT2D eigenvalue weighted by Crippen LogP contribution is -2.33. The number of aromatic nitrogens is 1. The molecule has 0 saturated carbocycles. The molecule has 1 fully saturated rings. The molecule has 2 N–H and O–H groups in total. The molecule has 1 unspecified atom stereocenters. The molecule has 1 aromatic rings. The Morgan fingerprint density at radius 3 is 3.00 bits per heavy atom. The summed E-state index contributed by atoms with van der Waals surface area (Å²) < 4.78 is 0. The summed E-state index contributed by atoms with van der Waals surface area (Å²) >= 11 is 6.30. The summed E-state index contributed by atoms with van der Waals surface area (Å²) in [4.78, 5) is 6.81. The van der Waals surface area contributed by atoms with Crippen LogP contribution < -0.4 is 10.6 Å². The topological polar surface area (TPSA) is 42.2 Å². The summed E-state index contributed by atoms with van der Waals surface area (Å²) in [5.41, 5.74) is 6.57. The van der Waals surface area contributed by atoms with Crippen molar-refractivity contribution < 1.29 is 0 Å². The number of hydrogen-bond donors (Lipinski definition) is 1. The monoisotopic (exact) mass is 253 g/mol. The standard InChI is InChI=1S/C13H20ClN3/c1-10-5-3-2-4-6-17(10)13-12(14)7-11(8-15)9-16-13/h7,9-10H,2-6,8,15H2,1H3. The zero-order valence-electron chi connectivity index (χ0n) is 10.3. The fourth-order valence-electron chi connectivity index (χ4n) is 2.38. The van der Waals surface area contributed by atoms with E-state index in [4.69, 9.17) is 17.3 Å². The summed E-state index contributed by atoms with van der Waals surface area (Å²) in [5.74, 6) is 0.915. The maximum atomic E-state index is 6.30. The third-order valence-electron chi connectivity index (χ3n) is 3.44.